The van der Waals surface area contributed by atoms with Gasteiger partial charge in [0.05, 0.1) is 6.26 Å². The van der Waals surface area contributed by atoms with Crippen LogP contribution < -0.4 is 0 Å². The van der Waals surface area contributed by atoms with Crippen molar-refractivity contribution in [2.45, 2.75) is 32.4 Å². The second-order valence-corrected chi connectivity index (χ2v) is 7.63. The van der Waals surface area contributed by atoms with Gasteiger partial charge in [0, 0.05) is 19.6 Å². The van der Waals surface area contributed by atoms with Crippen molar-refractivity contribution in [1.82, 2.24) is 9.21 Å². The van der Waals surface area contributed by atoms with E-state index in [4.69, 9.17) is 9.84 Å². The molecular formula is C11H20N2O6S. The highest BCUT2D eigenvalue weighted by Crippen LogP contribution is 2.17. The van der Waals surface area contributed by atoms with E-state index in [9.17, 15) is 18.0 Å². The Hall–Kier alpha value is -1.35. The van der Waals surface area contributed by atoms with Gasteiger partial charge < -0.3 is 9.84 Å². The van der Waals surface area contributed by atoms with E-state index in [1.54, 1.807) is 20.8 Å². The van der Waals surface area contributed by atoms with Crippen LogP contribution in [0.4, 0.5) is 4.79 Å². The van der Waals surface area contributed by atoms with Crippen LogP contribution in [0.5, 0.6) is 0 Å². The molecule has 0 aromatic carbocycles. The Morgan fingerprint density at radius 2 is 1.80 bits per heavy atom. The van der Waals surface area contributed by atoms with E-state index in [0.717, 1.165) is 15.5 Å². The average Bonchev–Trinajstić information content (AvgIpc) is 2.24. The number of ether oxygens (including phenoxy) is 1. The number of hydrogen-bond acceptors (Lipinski definition) is 5. The number of carboxylic acid groups (broad SMARTS) is 1. The Kier molecular flexibility index (Phi) is 4.65. The van der Waals surface area contributed by atoms with Crippen LogP contribution in [0.2, 0.25) is 0 Å². The molecule has 0 bridgehead atoms. The molecule has 0 aliphatic carbocycles. The molecule has 0 aromatic rings. The zero-order chi connectivity index (χ0) is 15.7. The number of amides is 1. The highest BCUT2D eigenvalue weighted by molar-refractivity contribution is 7.88. The van der Waals surface area contributed by atoms with Crippen molar-refractivity contribution in [3.8, 4) is 0 Å². The van der Waals surface area contributed by atoms with Gasteiger partial charge in [0.1, 0.15) is 11.6 Å². The molecular weight excluding hydrogens is 288 g/mol. The molecule has 1 rings (SSSR count). The van der Waals surface area contributed by atoms with Gasteiger partial charge >= 0.3 is 12.1 Å². The second kappa shape index (κ2) is 5.57. The maximum atomic E-state index is 12.0. The van der Waals surface area contributed by atoms with Crippen molar-refractivity contribution in [3.05, 3.63) is 0 Å². The van der Waals surface area contributed by atoms with E-state index < -0.39 is 33.7 Å². The van der Waals surface area contributed by atoms with Gasteiger partial charge in [0.15, 0.2) is 0 Å². The molecule has 1 aliphatic heterocycles. The Labute approximate surface area is 118 Å². The molecule has 1 aliphatic rings. The van der Waals surface area contributed by atoms with Crippen LogP contribution >= 0.6 is 0 Å². The summed E-state index contributed by atoms with van der Waals surface area (Å²) in [6, 6.07) is -1.24. The number of carboxylic acids is 1. The van der Waals surface area contributed by atoms with Crippen LogP contribution in [0.15, 0.2) is 0 Å². The van der Waals surface area contributed by atoms with Crippen molar-refractivity contribution in [2.75, 3.05) is 25.9 Å². The number of rotatable bonds is 2. The van der Waals surface area contributed by atoms with Gasteiger partial charge in [0.2, 0.25) is 10.0 Å². The summed E-state index contributed by atoms with van der Waals surface area (Å²) in [6.45, 7) is 4.79. The zero-order valence-corrected chi connectivity index (χ0v) is 12.8. The summed E-state index contributed by atoms with van der Waals surface area (Å²) >= 11 is 0. The van der Waals surface area contributed by atoms with Gasteiger partial charge in [0.25, 0.3) is 0 Å². The highest BCUT2D eigenvalue weighted by Gasteiger charge is 2.39. The monoisotopic (exact) mass is 308 g/mol. The van der Waals surface area contributed by atoms with Gasteiger partial charge in [-0.25, -0.2) is 18.0 Å². The van der Waals surface area contributed by atoms with Crippen molar-refractivity contribution in [3.63, 3.8) is 0 Å². The number of carbonyl (C=O) groups excluding carboxylic acids is 1. The molecule has 9 heteroatoms. The number of piperazine rings is 1. The van der Waals surface area contributed by atoms with Crippen LogP contribution in [0.25, 0.3) is 0 Å². The summed E-state index contributed by atoms with van der Waals surface area (Å²) in [7, 11) is -3.49. The van der Waals surface area contributed by atoms with Gasteiger partial charge in [-0.15, -0.1) is 0 Å². The number of sulfonamides is 1. The zero-order valence-electron chi connectivity index (χ0n) is 12.0. The summed E-state index contributed by atoms with van der Waals surface area (Å²) < 4.78 is 29.1. The average molecular weight is 308 g/mol. The van der Waals surface area contributed by atoms with Crippen molar-refractivity contribution in [1.29, 1.82) is 0 Å². The standard InChI is InChI=1S/C11H20N2O6S/c1-11(2,3)19-10(16)13-6-5-12(20(4,17)18)7-8(13)9(14)15/h8H,5-7H2,1-4H3,(H,14,15)/t8-/m1/s1. The van der Waals surface area contributed by atoms with Gasteiger partial charge in [-0.2, -0.15) is 4.31 Å². The van der Waals surface area contributed by atoms with Crippen molar-refractivity contribution in [2.24, 2.45) is 0 Å². The van der Waals surface area contributed by atoms with Gasteiger partial charge in [-0.3, -0.25) is 4.90 Å². The third-order valence-electron chi connectivity index (χ3n) is 2.73. The number of aliphatic carboxylic acids is 1. The second-order valence-electron chi connectivity index (χ2n) is 5.65. The van der Waals surface area contributed by atoms with Crippen LogP contribution in [0, 0.1) is 0 Å². The van der Waals surface area contributed by atoms with Gasteiger partial charge in [-0.1, -0.05) is 0 Å². The molecule has 0 radical (unpaired) electrons. The summed E-state index contributed by atoms with van der Waals surface area (Å²) in [4.78, 5) is 24.2. The van der Waals surface area contributed by atoms with Crippen LogP contribution in [0.1, 0.15) is 20.8 Å². The molecule has 0 saturated carbocycles. The van der Waals surface area contributed by atoms with E-state index >= 15 is 0 Å². The van der Waals surface area contributed by atoms with Crippen molar-refractivity contribution >= 4 is 22.1 Å². The lowest BCUT2D eigenvalue weighted by molar-refractivity contribution is -0.144. The minimum Gasteiger partial charge on any atom is -0.480 e. The van der Waals surface area contributed by atoms with Crippen LogP contribution in [0.3, 0.4) is 0 Å². The summed E-state index contributed by atoms with van der Waals surface area (Å²) in [5.74, 6) is -1.26. The Morgan fingerprint density at radius 3 is 2.20 bits per heavy atom. The molecule has 0 spiro atoms. The molecule has 0 aromatic heterocycles. The first-order valence-corrected chi connectivity index (χ1v) is 7.94. The largest absolute Gasteiger partial charge is 0.480 e. The molecule has 1 heterocycles. The lowest BCUT2D eigenvalue weighted by Gasteiger charge is -2.38. The SMILES string of the molecule is CC(C)(C)OC(=O)N1CCN(S(C)(=O)=O)C[C@@H]1C(=O)O. The Bertz CT molecular complexity index is 496. The Morgan fingerprint density at radius 1 is 1.25 bits per heavy atom. The quantitative estimate of drug-likeness (QED) is 0.767. The summed E-state index contributed by atoms with van der Waals surface area (Å²) in [5.41, 5.74) is -0.742. The number of hydrogen-bond donors (Lipinski definition) is 1. The number of nitrogens with zero attached hydrogens (tertiary/aromatic N) is 2. The molecule has 116 valence electrons. The molecule has 8 nitrogen and oxygen atoms in total. The molecule has 1 saturated heterocycles. The fourth-order valence-corrected chi connectivity index (χ4v) is 2.63. The highest BCUT2D eigenvalue weighted by atomic mass is 32.2. The maximum Gasteiger partial charge on any atom is 0.411 e. The molecule has 20 heavy (non-hydrogen) atoms. The molecule has 1 atom stereocenters. The van der Waals surface area contributed by atoms with E-state index in [1.165, 1.54) is 0 Å². The van der Waals surface area contributed by atoms with E-state index in [0.29, 0.717) is 0 Å². The maximum absolute atomic E-state index is 12.0. The third kappa shape index (κ3) is 4.34. The first-order valence-electron chi connectivity index (χ1n) is 6.09. The minimum atomic E-state index is -3.49. The topological polar surface area (TPSA) is 104 Å². The fourth-order valence-electron chi connectivity index (χ4n) is 1.81. The number of carbonyl (C=O) groups is 2. The predicted molar refractivity (Wildman–Crippen MR) is 70.8 cm³/mol. The normalized spacial score (nSPS) is 21.6. The fraction of sp³-hybridized carbons (Fsp3) is 0.818. The lowest BCUT2D eigenvalue weighted by Crippen LogP contribution is -2.59. The Balaban J connectivity index is 2.89. The predicted octanol–water partition coefficient (Wildman–Crippen LogP) is -0.0481. The molecule has 0 unspecified atom stereocenters. The van der Waals surface area contributed by atoms with Crippen LogP contribution in [-0.4, -0.2) is 72.3 Å². The smallest absolute Gasteiger partial charge is 0.411 e. The first-order chi connectivity index (χ1) is 8.92. The lowest BCUT2D eigenvalue weighted by atomic mass is 10.2. The molecule has 1 N–H and O–H groups in total. The van der Waals surface area contributed by atoms with Crippen molar-refractivity contribution < 1.29 is 27.9 Å². The van der Waals surface area contributed by atoms with Gasteiger partial charge in [-0.05, 0) is 20.8 Å². The van der Waals surface area contributed by atoms with Crippen LogP contribution in [-0.2, 0) is 19.6 Å². The molecule has 1 amide bonds. The van der Waals surface area contributed by atoms with E-state index in [-0.39, 0.29) is 19.6 Å². The summed E-state index contributed by atoms with van der Waals surface area (Å²) in [5, 5.41) is 9.17. The first kappa shape index (κ1) is 16.7. The summed E-state index contributed by atoms with van der Waals surface area (Å²) in [6.07, 6.45) is 0.257. The third-order valence-corrected chi connectivity index (χ3v) is 3.99. The minimum absolute atomic E-state index is 0.0149. The van der Waals surface area contributed by atoms with E-state index in [1.807, 2.05) is 0 Å². The molecule has 1 fully saturated rings. The van der Waals surface area contributed by atoms with E-state index in [2.05, 4.69) is 0 Å².